The lowest BCUT2D eigenvalue weighted by atomic mass is 10.1. The van der Waals surface area contributed by atoms with Gasteiger partial charge >= 0.3 is 24.3 Å². The summed E-state index contributed by atoms with van der Waals surface area (Å²) in [6.45, 7) is 9.76. The fourth-order valence-corrected chi connectivity index (χ4v) is 3.39. The molecule has 2 aliphatic rings. The zero-order chi connectivity index (χ0) is 26.8. The first-order valence-corrected chi connectivity index (χ1v) is 10.3. The largest absolute Gasteiger partial charge is 0.490 e. The molecule has 0 amide bonds. The summed E-state index contributed by atoms with van der Waals surface area (Å²) >= 11 is 0. The highest BCUT2D eigenvalue weighted by Crippen LogP contribution is 2.25. The lowest BCUT2D eigenvalue weighted by molar-refractivity contribution is -0.193. The van der Waals surface area contributed by atoms with Crippen LogP contribution in [-0.2, 0) is 25.6 Å². The average Bonchev–Trinajstić information content (AvgIpc) is 3.25. The molecular weight excluding hydrogens is 494 g/mol. The minimum atomic E-state index is -5.08. The van der Waals surface area contributed by atoms with E-state index in [1.54, 1.807) is 7.11 Å². The second-order valence-electron chi connectivity index (χ2n) is 7.77. The number of methoxy groups -OCH3 is 1. The first kappa shape index (κ1) is 30.7. The van der Waals surface area contributed by atoms with Gasteiger partial charge < -0.3 is 24.1 Å². The molecule has 0 spiro atoms. The molecule has 0 radical (unpaired) electrons. The van der Waals surface area contributed by atoms with Gasteiger partial charge in [0.25, 0.3) is 0 Å². The number of carboxylic acids is 2. The molecule has 0 aliphatic carbocycles. The van der Waals surface area contributed by atoms with Crippen LogP contribution in [0.2, 0.25) is 0 Å². The third kappa shape index (κ3) is 11.7. The van der Waals surface area contributed by atoms with Crippen LogP contribution in [0.25, 0.3) is 0 Å². The standard InChI is InChI=1S/C16H26N2O3.2C2HF3O2/c1-13-3-4-15(21-13)11-18-10-14-9-17(5-7-19-2)6-8-20-16(14)12-18;2*3-2(4,5)1(6)7/h3-4,14,16H,5-12H2,1-2H3;2*(H,6,7)/t14-,16+;;/m0../s1. The molecule has 9 nitrogen and oxygen atoms in total. The van der Waals surface area contributed by atoms with Crippen molar-refractivity contribution >= 4 is 11.9 Å². The number of rotatable bonds is 5. The molecule has 1 aromatic heterocycles. The minimum Gasteiger partial charge on any atom is -0.475 e. The van der Waals surface area contributed by atoms with Gasteiger partial charge in [-0.1, -0.05) is 0 Å². The van der Waals surface area contributed by atoms with E-state index in [4.69, 9.17) is 33.7 Å². The van der Waals surface area contributed by atoms with Crippen LogP contribution in [0.15, 0.2) is 16.5 Å². The van der Waals surface area contributed by atoms with E-state index in [9.17, 15) is 26.3 Å². The zero-order valence-corrected chi connectivity index (χ0v) is 19.1. The summed E-state index contributed by atoms with van der Waals surface area (Å²) in [5, 5.41) is 14.2. The number of alkyl halides is 6. The fourth-order valence-electron chi connectivity index (χ4n) is 3.39. The summed E-state index contributed by atoms with van der Waals surface area (Å²) in [5.74, 6) is -2.87. The Kier molecular flexibility index (Phi) is 12.0. The number of hydrogen-bond acceptors (Lipinski definition) is 7. The lowest BCUT2D eigenvalue weighted by Gasteiger charge is -2.22. The molecule has 15 heteroatoms. The van der Waals surface area contributed by atoms with Crippen LogP contribution in [0.1, 0.15) is 11.5 Å². The van der Waals surface area contributed by atoms with Crippen molar-refractivity contribution in [3.63, 3.8) is 0 Å². The molecule has 0 saturated carbocycles. The summed E-state index contributed by atoms with van der Waals surface area (Å²) in [4.78, 5) is 22.7. The second kappa shape index (κ2) is 13.7. The summed E-state index contributed by atoms with van der Waals surface area (Å²) in [5.41, 5.74) is 0. The summed E-state index contributed by atoms with van der Waals surface area (Å²) in [6, 6.07) is 4.11. The number of aryl methyl sites for hydroxylation is 1. The maximum Gasteiger partial charge on any atom is 0.490 e. The predicted molar refractivity (Wildman–Crippen MR) is 108 cm³/mol. The van der Waals surface area contributed by atoms with E-state index < -0.39 is 24.3 Å². The molecular formula is C20H28F6N2O7. The highest BCUT2D eigenvalue weighted by molar-refractivity contribution is 5.73. The smallest absolute Gasteiger partial charge is 0.475 e. The Hall–Kier alpha value is -2.36. The number of halogens is 6. The van der Waals surface area contributed by atoms with E-state index in [2.05, 4.69) is 15.9 Å². The molecule has 2 aliphatic heterocycles. The van der Waals surface area contributed by atoms with Crippen LogP contribution in [0.3, 0.4) is 0 Å². The Morgan fingerprint density at radius 1 is 1.03 bits per heavy atom. The molecule has 2 N–H and O–H groups in total. The molecule has 1 aromatic rings. The molecule has 2 saturated heterocycles. The van der Waals surface area contributed by atoms with Crippen LogP contribution in [0, 0.1) is 12.8 Å². The SMILES string of the molecule is COCCN1CCO[C@@H]2CN(Cc3ccc(C)o3)C[C@@H]2C1.O=C(O)C(F)(F)F.O=C(O)C(F)(F)F. The van der Waals surface area contributed by atoms with E-state index in [0.29, 0.717) is 12.0 Å². The third-order valence-corrected chi connectivity index (χ3v) is 4.96. The van der Waals surface area contributed by atoms with Crippen LogP contribution in [-0.4, -0.2) is 103 Å². The number of ether oxygens (including phenoxy) is 2. The van der Waals surface area contributed by atoms with Gasteiger partial charge in [0, 0.05) is 45.8 Å². The molecule has 202 valence electrons. The predicted octanol–water partition coefficient (Wildman–Crippen LogP) is 2.63. The number of carbonyl (C=O) groups is 2. The van der Waals surface area contributed by atoms with Crippen LogP contribution in [0.4, 0.5) is 26.3 Å². The second-order valence-corrected chi connectivity index (χ2v) is 7.77. The molecule has 2 atom stereocenters. The number of aliphatic carboxylic acids is 2. The van der Waals surface area contributed by atoms with Crippen LogP contribution < -0.4 is 0 Å². The molecule has 0 unspecified atom stereocenters. The number of furan rings is 1. The first-order chi connectivity index (χ1) is 16.1. The maximum atomic E-state index is 10.6. The van der Waals surface area contributed by atoms with Crippen molar-refractivity contribution in [2.24, 2.45) is 5.92 Å². The van der Waals surface area contributed by atoms with Crippen molar-refractivity contribution in [1.82, 2.24) is 9.80 Å². The molecule has 3 rings (SSSR count). The molecule has 2 fully saturated rings. The van der Waals surface area contributed by atoms with Crippen molar-refractivity contribution in [1.29, 1.82) is 0 Å². The Morgan fingerprint density at radius 3 is 2.03 bits per heavy atom. The van der Waals surface area contributed by atoms with Crippen molar-refractivity contribution in [2.75, 3.05) is 53.0 Å². The Labute approximate surface area is 197 Å². The number of likely N-dealkylation sites (tertiary alicyclic amines) is 1. The van der Waals surface area contributed by atoms with E-state index in [-0.39, 0.29) is 0 Å². The topological polar surface area (TPSA) is 113 Å². The number of fused-ring (bicyclic) bond motifs is 1. The highest BCUT2D eigenvalue weighted by atomic mass is 19.4. The summed E-state index contributed by atoms with van der Waals surface area (Å²) in [7, 11) is 1.76. The van der Waals surface area contributed by atoms with Crippen molar-refractivity contribution < 1.29 is 60.0 Å². The van der Waals surface area contributed by atoms with Gasteiger partial charge in [0.15, 0.2) is 0 Å². The quantitative estimate of drug-likeness (QED) is 0.564. The molecule has 0 aromatic carbocycles. The first-order valence-electron chi connectivity index (χ1n) is 10.3. The van der Waals surface area contributed by atoms with Crippen molar-refractivity contribution in [2.45, 2.75) is 31.9 Å². The van der Waals surface area contributed by atoms with E-state index >= 15 is 0 Å². The van der Waals surface area contributed by atoms with Crippen LogP contribution in [0.5, 0.6) is 0 Å². The molecule has 35 heavy (non-hydrogen) atoms. The van der Waals surface area contributed by atoms with Crippen LogP contribution >= 0.6 is 0 Å². The third-order valence-electron chi connectivity index (χ3n) is 4.96. The van der Waals surface area contributed by atoms with Gasteiger partial charge in [-0.25, -0.2) is 9.59 Å². The molecule has 3 heterocycles. The highest BCUT2D eigenvalue weighted by Gasteiger charge is 2.39. The summed E-state index contributed by atoms with van der Waals surface area (Å²) in [6.07, 6.45) is -9.80. The maximum absolute atomic E-state index is 10.6. The summed E-state index contributed by atoms with van der Waals surface area (Å²) < 4.78 is 80.4. The van der Waals surface area contributed by atoms with Gasteiger partial charge in [-0.15, -0.1) is 0 Å². The lowest BCUT2D eigenvalue weighted by Crippen LogP contribution is -2.34. The van der Waals surface area contributed by atoms with Gasteiger partial charge in [0.1, 0.15) is 11.5 Å². The zero-order valence-electron chi connectivity index (χ0n) is 19.1. The number of nitrogens with zero attached hydrogens (tertiary/aromatic N) is 2. The van der Waals surface area contributed by atoms with E-state index in [0.717, 1.165) is 64.0 Å². The van der Waals surface area contributed by atoms with Crippen molar-refractivity contribution in [3.8, 4) is 0 Å². The molecule has 0 bridgehead atoms. The van der Waals surface area contributed by atoms with Gasteiger partial charge in [-0.3, -0.25) is 9.80 Å². The van der Waals surface area contributed by atoms with Crippen molar-refractivity contribution in [3.05, 3.63) is 23.7 Å². The minimum absolute atomic E-state index is 0.369. The number of carboxylic acid groups (broad SMARTS) is 2. The van der Waals surface area contributed by atoms with Gasteiger partial charge in [-0.05, 0) is 19.1 Å². The normalized spacial score (nSPS) is 21.1. The Balaban J connectivity index is 0.000000362. The number of hydrogen-bond donors (Lipinski definition) is 2. The van der Waals surface area contributed by atoms with E-state index in [1.807, 2.05) is 13.0 Å². The monoisotopic (exact) mass is 522 g/mol. The Morgan fingerprint density at radius 2 is 1.57 bits per heavy atom. The average molecular weight is 522 g/mol. The van der Waals surface area contributed by atoms with Gasteiger partial charge in [-0.2, -0.15) is 26.3 Å². The van der Waals surface area contributed by atoms with Gasteiger partial charge in [0.2, 0.25) is 0 Å². The van der Waals surface area contributed by atoms with E-state index in [1.165, 1.54) is 0 Å². The fraction of sp³-hybridized carbons (Fsp3) is 0.700. The van der Waals surface area contributed by atoms with Gasteiger partial charge in [0.05, 0.1) is 25.9 Å². The Bertz CT molecular complexity index is 774.